The number of carboxylic acids is 1. The van der Waals surface area contributed by atoms with Crippen LogP contribution in [-0.2, 0) is 6.18 Å². The number of hydrogen-bond acceptors (Lipinski definition) is 3. The molecular formula is C14H10ClF3N2O2. The van der Waals surface area contributed by atoms with Crippen LogP contribution in [0.15, 0.2) is 30.3 Å². The first kappa shape index (κ1) is 16.1. The second kappa shape index (κ2) is 5.84. The molecule has 0 bridgehead atoms. The number of alkyl halides is 3. The Bertz CT molecular complexity index is 712. The van der Waals surface area contributed by atoms with E-state index in [0.29, 0.717) is 17.3 Å². The Labute approximate surface area is 128 Å². The maximum Gasteiger partial charge on any atom is 0.433 e. The third kappa shape index (κ3) is 3.30. The Morgan fingerprint density at radius 2 is 1.95 bits per heavy atom. The highest BCUT2D eigenvalue weighted by Gasteiger charge is 2.33. The number of anilines is 2. The first-order valence-electron chi connectivity index (χ1n) is 6.04. The topological polar surface area (TPSA) is 62.2 Å². The van der Waals surface area contributed by atoms with Gasteiger partial charge in [0.1, 0.15) is 17.1 Å². The van der Waals surface area contributed by atoms with Crippen LogP contribution in [0.2, 0.25) is 5.02 Å². The van der Waals surface area contributed by atoms with Gasteiger partial charge in [0.25, 0.3) is 0 Å². The number of aromatic nitrogens is 1. The van der Waals surface area contributed by atoms with Crippen LogP contribution < -0.4 is 5.32 Å². The standard InChI is InChI=1S/C14H10ClF3N2O2/c1-7-3-2-4-9(15)11(7)20-12-8(13(21)22)5-6-10(19-12)14(16,17)18/h2-6H,1H3,(H,19,20)(H,21,22). The molecule has 0 saturated carbocycles. The van der Waals surface area contributed by atoms with Gasteiger partial charge in [0.2, 0.25) is 0 Å². The quantitative estimate of drug-likeness (QED) is 0.869. The maximum atomic E-state index is 12.7. The Hall–Kier alpha value is -2.28. The van der Waals surface area contributed by atoms with E-state index in [1.807, 2.05) is 0 Å². The van der Waals surface area contributed by atoms with Crippen molar-refractivity contribution in [1.29, 1.82) is 0 Å². The number of nitrogens with one attached hydrogen (secondary N) is 1. The molecule has 0 aliphatic heterocycles. The average molecular weight is 331 g/mol. The number of para-hydroxylation sites is 1. The molecule has 8 heteroatoms. The molecule has 0 saturated heterocycles. The summed E-state index contributed by atoms with van der Waals surface area (Å²) in [7, 11) is 0. The third-order valence-electron chi connectivity index (χ3n) is 2.88. The summed E-state index contributed by atoms with van der Waals surface area (Å²) in [6.45, 7) is 1.68. The summed E-state index contributed by atoms with van der Waals surface area (Å²) in [6.07, 6.45) is -4.68. The molecule has 0 radical (unpaired) electrons. The van der Waals surface area contributed by atoms with Crippen LogP contribution in [0.3, 0.4) is 0 Å². The monoisotopic (exact) mass is 330 g/mol. The van der Waals surface area contributed by atoms with Gasteiger partial charge in [-0.3, -0.25) is 0 Å². The molecule has 22 heavy (non-hydrogen) atoms. The Morgan fingerprint density at radius 1 is 1.27 bits per heavy atom. The SMILES string of the molecule is Cc1cccc(Cl)c1Nc1nc(C(F)(F)F)ccc1C(=O)O. The maximum absolute atomic E-state index is 12.7. The highest BCUT2D eigenvalue weighted by atomic mass is 35.5. The molecule has 1 heterocycles. The van der Waals surface area contributed by atoms with E-state index in [9.17, 15) is 18.0 Å². The summed E-state index contributed by atoms with van der Waals surface area (Å²) < 4.78 is 38.2. The summed E-state index contributed by atoms with van der Waals surface area (Å²) >= 11 is 5.98. The highest BCUT2D eigenvalue weighted by molar-refractivity contribution is 6.33. The van der Waals surface area contributed by atoms with E-state index in [1.165, 1.54) is 6.07 Å². The Kier molecular flexibility index (Phi) is 4.27. The fourth-order valence-electron chi connectivity index (χ4n) is 1.79. The molecule has 0 spiro atoms. The predicted octanol–water partition coefficient (Wildman–Crippen LogP) is 4.50. The first-order valence-corrected chi connectivity index (χ1v) is 6.41. The van der Waals surface area contributed by atoms with Crippen LogP contribution in [0.1, 0.15) is 21.6 Å². The van der Waals surface area contributed by atoms with Gasteiger partial charge in [0.15, 0.2) is 0 Å². The van der Waals surface area contributed by atoms with Gasteiger partial charge in [0, 0.05) is 0 Å². The van der Waals surface area contributed by atoms with E-state index < -0.39 is 23.7 Å². The number of rotatable bonds is 3. The molecule has 1 aromatic heterocycles. The minimum absolute atomic E-state index is 0.246. The van der Waals surface area contributed by atoms with Crippen LogP contribution in [0.5, 0.6) is 0 Å². The molecule has 0 atom stereocenters. The molecule has 2 aromatic rings. The minimum Gasteiger partial charge on any atom is -0.478 e. The largest absolute Gasteiger partial charge is 0.478 e. The van der Waals surface area contributed by atoms with E-state index in [2.05, 4.69) is 10.3 Å². The molecule has 0 unspecified atom stereocenters. The van der Waals surface area contributed by atoms with Gasteiger partial charge in [0.05, 0.1) is 10.7 Å². The number of nitrogens with zero attached hydrogens (tertiary/aromatic N) is 1. The minimum atomic E-state index is -4.68. The van der Waals surface area contributed by atoms with Crippen molar-refractivity contribution in [3.05, 3.63) is 52.2 Å². The molecule has 116 valence electrons. The third-order valence-corrected chi connectivity index (χ3v) is 3.20. The fraction of sp³-hybridized carbons (Fsp3) is 0.143. The van der Waals surface area contributed by atoms with Crippen molar-refractivity contribution >= 4 is 29.1 Å². The van der Waals surface area contributed by atoms with Gasteiger partial charge < -0.3 is 10.4 Å². The number of benzene rings is 1. The predicted molar refractivity (Wildman–Crippen MR) is 75.7 cm³/mol. The molecule has 0 aliphatic carbocycles. The zero-order chi connectivity index (χ0) is 16.5. The number of aromatic carboxylic acids is 1. The van der Waals surface area contributed by atoms with Crippen LogP contribution >= 0.6 is 11.6 Å². The summed E-state index contributed by atoms with van der Waals surface area (Å²) in [5.41, 5.74) is -0.626. The van der Waals surface area contributed by atoms with Crippen LogP contribution in [-0.4, -0.2) is 16.1 Å². The molecular weight excluding hydrogens is 321 g/mol. The normalized spacial score (nSPS) is 11.3. The van der Waals surface area contributed by atoms with Crippen LogP contribution in [0, 0.1) is 6.92 Å². The van der Waals surface area contributed by atoms with Gasteiger partial charge in [-0.05, 0) is 30.7 Å². The van der Waals surface area contributed by atoms with Crippen molar-refractivity contribution in [3.63, 3.8) is 0 Å². The van der Waals surface area contributed by atoms with Crippen molar-refractivity contribution in [3.8, 4) is 0 Å². The summed E-state index contributed by atoms with van der Waals surface area (Å²) in [6, 6.07) is 6.36. The molecule has 0 fully saturated rings. The summed E-state index contributed by atoms with van der Waals surface area (Å²) in [4.78, 5) is 14.5. The van der Waals surface area contributed by atoms with E-state index in [-0.39, 0.29) is 10.6 Å². The average Bonchev–Trinajstić information content (AvgIpc) is 2.41. The smallest absolute Gasteiger partial charge is 0.433 e. The van der Waals surface area contributed by atoms with Gasteiger partial charge >= 0.3 is 12.1 Å². The molecule has 0 aliphatic rings. The van der Waals surface area contributed by atoms with Crippen LogP contribution in [0.4, 0.5) is 24.7 Å². The Morgan fingerprint density at radius 3 is 2.50 bits per heavy atom. The van der Waals surface area contributed by atoms with E-state index in [1.54, 1.807) is 19.1 Å². The molecule has 4 nitrogen and oxygen atoms in total. The lowest BCUT2D eigenvalue weighted by atomic mass is 10.1. The highest BCUT2D eigenvalue weighted by Crippen LogP contribution is 2.33. The lowest BCUT2D eigenvalue weighted by Crippen LogP contribution is -2.13. The lowest BCUT2D eigenvalue weighted by molar-refractivity contribution is -0.141. The van der Waals surface area contributed by atoms with Crippen molar-refractivity contribution in [2.24, 2.45) is 0 Å². The molecule has 0 amide bonds. The summed E-state index contributed by atoms with van der Waals surface area (Å²) in [5, 5.41) is 11.9. The van der Waals surface area contributed by atoms with Crippen LogP contribution in [0.25, 0.3) is 0 Å². The first-order chi connectivity index (χ1) is 10.2. The second-order valence-electron chi connectivity index (χ2n) is 4.45. The number of carbonyl (C=O) groups is 1. The van der Waals surface area contributed by atoms with Crippen molar-refractivity contribution in [2.45, 2.75) is 13.1 Å². The molecule has 2 N–H and O–H groups in total. The number of aryl methyl sites for hydroxylation is 1. The zero-order valence-corrected chi connectivity index (χ0v) is 12.0. The molecule has 1 aromatic carbocycles. The Balaban J connectivity index is 2.55. The number of hydrogen-bond donors (Lipinski definition) is 2. The van der Waals surface area contributed by atoms with E-state index >= 15 is 0 Å². The van der Waals surface area contributed by atoms with Gasteiger partial charge in [-0.25, -0.2) is 9.78 Å². The van der Waals surface area contributed by atoms with Gasteiger partial charge in [-0.2, -0.15) is 13.2 Å². The van der Waals surface area contributed by atoms with Crippen molar-refractivity contribution < 1.29 is 23.1 Å². The number of pyridine rings is 1. The van der Waals surface area contributed by atoms with Gasteiger partial charge in [-0.15, -0.1) is 0 Å². The fourth-order valence-corrected chi connectivity index (χ4v) is 2.06. The second-order valence-corrected chi connectivity index (χ2v) is 4.86. The molecule has 2 rings (SSSR count). The lowest BCUT2D eigenvalue weighted by Gasteiger charge is -2.14. The van der Waals surface area contributed by atoms with E-state index in [0.717, 1.165) is 6.07 Å². The van der Waals surface area contributed by atoms with E-state index in [4.69, 9.17) is 16.7 Å². The summed E-state index contributed by atoms with van der Waals surface area (Å²) in [5.74, 6) is -1.81. The zero-order valence-electron chi connectivity index (χ0n) is 11.2. The van der Waals surface area contributed by atoms with Crippen molar-refractivity contribution in [1.82, 2.24) is 4.98 Å². The number of halogens is 4. The number of carboxylic acid groups (broad SMARTS) is 1. The van der Waals surface area contributed by atoms with Gasteiger partial charge in [-0.1, -0.05) is 23.7 Å². The van der Waals surface area contributed by atoms with Crippen molar-refractivity contribution in [2.75, 3.05) is 5.32 Å².